The molecule has 5 nitrogen and oxygen atoms in total. The molecule has 0 saturated carbocycles. The minimum atomic E-state index is -0.359. The minimum Gasteiger partial charge on any atom is -0.342 e. The Morgan fingerprint density at radius 1 is 1.24 bits per heavy atom. The molecule has 0 aliphatic carbocycles. The van der Waals surface area contributed by atoms with Crippen LogP contribution >= 0.6 is 0 Å². The molecule has 3 unspecified atom stereocenters. The lowest BCUT2D eigenvalue weighted by Crippen LogP contribution is -2.65. The summed E-state index contributed by atoms with van der Waals surface area (Å²) in [4.78, 5) is 29.0. The Kier molecular flexibility index (Phi) is 6.65. The number of nitrogens with one attached hydrogen (secondary N) is 1. The van der Waals surface area contributed by atoms with Gasteiger partial charge in [0.15, 0.2) is 0 Å². The number of piperazine rings is 1. The van der Waals surface area contributed by atoms with Crippen molar-refractivity contribution in [2.24, 2.45) is 5.92 Å². The van der Waals surface area contributed by atoms with Gasteiger partial charge < -0.3 is 15.1 Å². The fourth-order valence-corrected chi connectivity index (χ4v) is 2.91. The molecule has 0 spiro atoms. The monoisotopic (exact) mass is 297 g/mol. The molecule has 122 valence electrons. The van der Waals surface area contributed by atoms with Gasteiger partial charge in [-0.1, -0.05) is 20.8 Å². The first-order chi connectivity index (χ1) is 9.77. The molecule has 3 atom stereocenters. The smallest absolute Gasteiger partial charge is 0.246 e. The molecule has 2 amide bonds. The summed E-state index contributed by atoms with van der Waals surface area (Å²) in [5.74, 6) is 0.470. The zero-order chi connectivity index (χ0) is 16.2. The van der Waals surface area contributed by atoms with E-state index in [4.69, 9.17) is 0 Å². The lowest BCUT2D eigenvalue weighted by molar-refractivity contribution is -0.152. The lowest BCUT2D eigenvalue weighted by atomic mass is 9.95. The normalized spacial score (nSPS) is 24.7. The van der Waals surface area contributed by atoms with Crippen molar-refractivity contribution in [3.05, 3.63) is 0 Å². The van der Waals surface area contributed by atoms with E-state index in [2.05, 4.69) is 31.0 Å². The Hall–Kier alpha value is -1.10. The number of rotatable bonds is 7. The maximum atomic E-state index is 12.8. The van der Waals surface area contributed by atoms with Gasteiger partial charge in [-0.3, -0.25) is 9.59 Å². The summed E-state index contributed by atoms with van der Waals surface area (Å²) < 4.78 is 0. The first-order valence-corrected chi connectivity index (χ1v) is 8.05. The van der Waals surface area contributed by atoms with Crippen molar-refractivity contribution in [2.45, 2.75) is 65.1 Å². The van der Waals surface area contributed by atoms with Crippen molar-refractivity contribution >= 4 is 11.8 Å². The van der Waals surface area contributed by atoms with E-state index in [0.717, 1.165) is 13.0 Å². The largest absolute Gasteiger partial charge is 0.342 e. The zero-order valence-corrected chi connectivity index (χ0v) is 14.3. The fraction of sp³-hybridized carbons (Fsp3) is 0.875. The van der Waals surface area contributed by atoms with Crippen LogP contribution < -0.4 is 5.32 Å². The lowest BCUT2D eigenvalue weighted by Gasteiger charge is -2.42. The average molecular weight is 297 g/mol. The molecule has 1 saturated heterocycles. The van der Waals surface area contributed by atoms with Crippen LogP contribution in [0.3, 0.4) is 0 Å². The molecule has 0 aromatic rings. The SMILES string of the molecule is CCC1C(=O)NC(CC(C)C)C(=O)N1C(C)CCN(C)C. The van der Waals surface area contributed by atoms with Crippen LogP contribution in [0.2, 0.25) is 0 Å². The quantitative estimate of drug-likeness (QED) is 0.774. The predicted molar refractivity (Wildman–Crippen MR) is 84.9 cm³/mol. The zero-order valence-electron chi connectivity index (χ0n) is 14.3. The van der Waals surface area contributed by atoms with Gasteiger partial charge in [-0.2, -0.15) is 0 Å². The topological polar surface area (TPSA) is 52.7 Å². The van der Waals surface area contributed by atoms with Crippen LogP contribution in [0.5, 0.6) is 0 Å². The number of carbonyl (C=O) groups excluding carboxylic acids is 2. The Morgan fingerprint density at radius 2 is 1.86 bits per heavy atom. The van der Waals surface area contributed by atoms with E-state index < -0.39 is 0 Å². The highest BCUT2D eigenvalue weighted by Gasteiger charge is 2.41. The molecule has 1 rings (SSSR count). The summed E-state index contributed by atoms with van der Waals surface area (Å²) in [6, 6.07) is -0.592. The van der Waals surface area contributed by atoms with Gasteiger partial charge in [0, 0.05) is 6.04 Å². The molecule has 5 heteroatoms. The van der Waals surface area contributed by atoms with Gasteiger partial charge in [0.2, 0.25) is 11.8 Å². The molecule has 0 aromatic carbocycles. The minimum absolute atomic E-state index is 0.000506. The summed E-state index contributed by atoms with van der Waals surface area (Å²) >= 11 is 0. The highest BCUT2D eigenvalue weighted by molar-refractivity contribution is 5.97. The second-order valence-electron chi connectivity index (χ2n) is 6.80. The van der Waals surface area contributed by atoms with Gasteiger partial charge in [0.25, 0.3) is 0 Å². The van der Waals surface area contributed by atoms with E-state index >= 15 is 0 Å². The van der Waals surface area contributed by atoms with Crippen LogP contribution in [-0.2, 0) is 9.59 Å². The maximum absolute atomic E-state index is 12.8. The van der Waals surface area contributed by atoms with E-state index in [1.54, 1.807) is 0 Å². The molecule has 21 heavy (non-hydrogen) atoms. The summed E-state index contributed by atoms with van der Waals surface area (Å²) in [5, 5.41) is 2.91. The molecule has 1 aliphatic rings. The molecule has 1 aliphatic heterocycles. The van der Waals surface area contributed by atoms with Crippen LogP contribution in [0.25, 0.3) is 0 Å². The Labute approximate surface area is 129 Å². The van der Waals surface area contributed by atoms with Crippen molar-refractivity contribution in [1.29, 1.82) is 0 Å². The summed E-state index contributed by atoms with van der Waals surface area (Å²) in [7, 11) is 4.05. The second-order valence-corrected chi connectivity index (χ2v) is 6.80. The summed E-state index contributed by atoms with van der Waals surface area (Å²) in [6.45, 7) is 9.08. The van der Waals surface area contributed by atoms with Gasteiger partial charge in [-0.15, -0.1) is 0 Å². The fourth-order valence-electron chi connectivity index (χ4n) is 2.91. The Morgan fingerprint density at radius 3 is 2.33 bits per heavy atom. The van der Waals surface area contributed by atoms with Gasteiger partial charge in [0.05, 0.1) is 0 Å². The van der Waals surface area contributed by atoms with Crippen molar-refractivity contribution in [1.82, 2.24) is 15.1 Å². The first-order valence-electron chi connectivity index (χ1n) is 8.05. The van der Waals surface area contributed by atoms with Crippen LogP contribution in [-0.4, -0.2) is 60.4 Å². The van der Waals surface area contributed by atoms with E-state index in [1.165, 1.54) is 0 Å². The third kappa shape index (κ3) is 4.70. The van der Waals surface area contributed by atoms with E-state index in [9.17, 15) is 9.59 Å². The molecule has 1 fully saturated rings. The third-order valence-electron chi connectivity index (χ3n) is 4.07. The van der Waals surface area contributed by atoms with Crippen LogP contribution in [0.15, 0.2) is 0 Å². The second kappa shape index (κ2) is 7.78. The highest BCUT2D eigenvalue weighted by Crippen LogP contribution is 2.21. The van der Waals surface area contributed by atoms with Gasteiger partial charge in [-0.25, -0.2) is 0 Å². The van der Waals surface area contributed by atoms with E-state index in [1.807, 2.05) is 25.9 Å². The average Bonchev–Trinajstić information content (AvgIpc) is 2.38. The van der Waals surface area contributed by atoms with Crippen molar-refractivity contribution < 1.29 is 9.59 Å². The molecular formula is C16H31N3O2. The number of nitrogens with zero attached hydrogens (tertiary/aromatic N) is 2. The molecular weight excluding hydrogens is 266 g/mol. The van der Waals surface area contributed by atoms with Crippen LogP contribution in [0.4, 0.5) is 0 Å². The Balaban J connectivity index is 2.87. The van der Waals surface area contributed by atoms with E-state index in [0.29, 0.717) is 18.8 Å². The molecule has 0 radical (unpaired) electrons. The highest BCUT2D eigenvalue weighted by atomic mass is 16.2. The molecule has 0 bridgehead atoms. The number of hydrogen-bond acceptors (Lipinski definition) is 3. The van der Waals surface area contributed by atoms with Crippen molar-refractivity contribution in [2.75, 3.05) is 20.6 Å². The number of amides is 2. The molecule has 1 heterocycles. The van der Waals surface area contributed by atoms with Crippen LogP contribution in [0, 0.1) is 5.92 Å². The third-order valence-corrected chi connectivity index (χ3v) is 4.07. The van der Waals surface area contributed by atoms with Crippen LogP contribution in [0.1, 0.15) is 47.0 Å². The van der Waals surface area contributed by atoms with Gasteiger partial charge in [-0.05, 0) is 52.7 Å². The first kappa shape index (κ1) is 18.0. The summed E-state index contributed by atoms with van der Waals surface area (Å²) in [6.07, 6.45) is 2.26. The standard InChI is InChI=1S/C16H31N3O2/c1-7-14-15(20)17-13(10-11(2)3)16(21)19(14)12(4)8-9-18(5)6/h11-14H,7-10H2,1-6H3,(H,17,20). The molecule has 1 N–H and O–H groups in total. The van der Waals surface area contributed by atoms with Gasteiger partial charge >= 0.3 is 0 Å². The number of hydrogen-bond donors (Lipinski definition) is 1. The Bertz CT molecular complexity index is 369. The van der Waals surface area contributed by atoms with E-state index in [-0.39, 0.29) is 29.9 Å². The predicted octanol–water partition coefficient (Wildman–Crippen LogP) is 1.48. The summed E-state index contributed by atoms with van der Waals surface area (Å²) in [5.41, 5.74) is 0. The number of carbonyl (C=O) groups is 2. The van der Waals surface area contributed by atoms with Gasteiger partial charge in [0.1, 0.15) is 12.1 Å². The maximum Gasteiger partial charge on any atom is 0.246 e. The molecule has 0 aromatic heterocycles. The van der Waals surface area contributed by atoms with Crippen molar-refractivity contribution in [3.63, 3.8) is 0 Å². The van der Waals surface area contributed by atoms with Crippen molar-refractivity contribution in [3.8, 4) is 0 Å².